The Kier molecular flexibility index (Phi) is 3.63. The highest BCUT2D eigenvalue weighted by atomic mass is 19.2. The summed E-state index contributed by atoms with van der Waals surface area (Å²) in [7, 11) is 0. The molecule has 25 heavy (non-hydrogen) atoms. The Hall–Kier alpha value is -2.64. The average Bonchev–Trinajstić information content (AvgIpc) is 3.31. The van der Waals surface area contributed by atoms with E-state index in [9.17, 15) is 22.8 Å². The van der Waals surface area contributed by atoms with Crippen LogP contribution in [0, 0.1) is 29.3 Å². The van der Waals surface area contributed by atoms with E-state index in [0.29, 0.717) is 13.0 Å². The molecule has 2 heterocycles. The summed E-state index contributed by atoms with van der Waals surface area (Å²) < 4.78 is 40.2. The molecule has 1 saturated carbocycles. The Morgan fingerprint density at radius 3 is 2.60 bits per heavy atom. The van der Waals surface area contributed by atoms with Crippen molar-refractivity contribution in [1.82, 2.24) is 10.2 Å². The molecule has 4 rings (SSSR count). The third-order valence-corrected chi connectivity index (χ3v) is 4.85. The van der Waals surface area contributed by atoms with E-state index in [1.165, 1.54) is 4.90 Å². The first-order valence-corrected chi connectivity index (χ1v) is 7.93. The minimum atomic E-state index is -1.52. The molecule has 1 N–H and O–H groups in total. The average molecular weight is 349 g/mol. The van der Waals surface area contributed by atoms with Gasteiger partial charge in [-0.15, -0.1) is 0 Å². The summed E-state index contributed by atoms with van der Waals surface area (Å²) in [5, 5.41) is 2.49. The predicted octanol–water partition coefficient (Wildman–Crippen LogP) is 2.02. The topological polar surface area (TPSA) is 61.8 Å². The normalized spacial score (nSPS) is 28.2. The van der Waals surface area contributed by atoms with Gasteiger partial charge in [0.05, 0.1) is 12.3 Å². The Morgan fingerprint density at radius 1 is 1.16 bits per heavy atom. The van der Waals surface area contributed by atoms with Gasteiger partial charge in [0.25, 0.3) is 0 Å². The number of halogens is 3. The molecule has 1 aromatic carbocycles. The van der Waals surface area contributed by atoms with Crippen LogP contribution in [0.3, 0.4) is 0 Å². The third-order valence-electron chi connectivity index (χ3n) is 4.85. The van der Waals surface area contributed by atoms with Gasteiger partial charge in [-0.1, -0.05) is 6.08 Å². The summed E-state index contributed by atoms with van der Waals surface area (Å²) in [6.45, 7) is 0.370. The number of amides is 3. The highest BCUT2D eigenvalue weighted by molar-refractivity contribution is 6.09. The Morgan fingerprint density at radius 2 is 1.96 bits per heavy atom. The fourth-order valence-electron chi connectivity index (χ4n) is 3.44. The smallest absolute Gasteiger partial charge is 0.324 e. The summed E-state index contributed by atoms with van der Waals surface area (Å²) in [5.41, 5.74) is 0.162. The minimum Gasteiger partial charge on any atom is -0.329 e. The van der Waals surface area contributed by atoms with Crippen molar-refractivity contribution in [1.29, 1.82) is 0 Å². The van der Waals surface area contributed by atoms with E-state index in [1.54, 1.807) is 6.08 Å². The van der Waals surface area contributed by atoms with E-state index in [2.05, 4.69) is 10.3 Å². The molecule has 0 radical (unpaired) electrons. The lowest BCUT2D eigenvalue weighted by Gasteiger charge is -2.18. The molecule has 1 unspecified atom stereocenters. The van der Waals surface area contributed by atoms with Crippen LogP contribution in [0.1, 0.15) is 12.0 Å². The summed E-state index contributed by atoms with van der Waals surface area (Å²) in [4.78, 5) is 28.9. The quantitative estimate of drug-likeness (QED) is 0.670. The van der Waals surface area contributed by atoms with E-state index >= 15 is 0 Å². The number of hydrogen-bond acceptors (Lipinski definition) is 3. The fraction of sp³-hybridized carbons (Fsp3) is 0.353. The molecule has 1 saturated heterocycles. The van der Waals surface area contributed by atoms with E-state index in [-0.39, 0.29) is 47.6 Å². The van der Waals surface area contributed by atoms with Gasteiger partial charge in [0.1, 0.15) is 0 Å². The lowest BCUT2D eigenvalue weighted by Crippen LogP contribution is -2.35. The molecule has 0 aromatic heterocycles. The Labute approximate surface area is 141 Å². The zero-order chi connectivity index (χ0) is 17.7. The van der Waals surface area contributed by atoms with Crippen LogP contribution in [0.15, 0.2) is 29.3 Å². The lowest BCUT2D eigenvalue weighted by molar-refractivity contribution is -0.125. The maximum Gasteiger partial charge on any atom is 0.324 e. The predicted molar refractivity (Wildman–Crippen MR) is 82.5 cm³/mol. The summed E-state index contributed by atoms with van der Waals surface area (Å²) >= 11 is 0. The van der Waals surface area contributed by atoms with Crippen molar-refractivity contribution in [3.8, 4) is 0 Å². The second-order valence-electron chi connectivity index (χ2n) is 6.36. The van der Waals surface area contributed by atoms with Crippen LogP contribution < -0.4 is 5.32 Å². The van der Waals surface area contributed by atoms with Crippen molar-refractivity contribution in [3.05, 3.63) is 47.3 Å². The van der Waals surface area contributed by atoms with Gasteiger partial charge in [-0.3, -0.25) is 14.7 Å². The number of dihydropyridines is 1. The van der Waals surface area contributed by atoms with Gasteiger partial charge in [0.15, 0.2) is 17.5 Å². The number of nitrogens with zero attached hydrogens (tertiary/aromatic N) is 2. The number of allylic oxidation sites excluding steroid dienone is 1. The molecule has 1 aromatic rings. The van der Waals surface area contributed by atoms with Gasteiger partial charge < -0.3 is 5.32 Å². The maximum absolute atomic E-state index is 13.8. The summed E-state index contributed by atoms with van der Waals surface area (Å²) in [6.07, 6.45) is 4.11. The zero-order valence-corrected chi connectivity index (χ0v) is 13.0. The number of imide groups is 1. The first-order valence-electron chi connectivity index (χ1n) is 7.93. The molecule has 2 fully saturated rings. The Bertz CT molecular complexity index is 821. The molecule has 130 valence electrons. The first kappa shape index (κ1) is 15.9. The number of benzene rings is 1. The number of urea groups is 1. The molecular weight excluding hydrogens is 335 g/mol. The van der Waals surface area contributed by atoms with Crippen LogP contribution in [-0.2, 0) is 4.79 Å². The molecule has 3 atom stereocenters. The maximum atomic E-state index is 13.8. The highest BCUT2D eigenvalue weighted by Crippen LogP contribution is 2.44. The van der Waals surface area contributed by atoms with E-state index < -0.39 is 17.5 Å². The molecular formula is C17H14F3N3O2. The zero-order valence-electron chi connectivity index (χ0n) is 13.0. The van der Waals surface area contributed by atoms with Crippen molar-refractivity contribution in [2.45, 2.75) is 12.5 Å². The standard InChI is InChI=1S/C17H14F3N3O2/c18-11-3-2-9(15(19)16(11)20)12-4-1-8(6-21-12)10-5-13(10)23-14(24)7-22-17(23)25/h1-4,8,10,13H,5-7H2,(H,22,25)/t8?,10-,13+/m0/s1. The third kappa shape index (κ3) is 2.61. The van der Waals surface area contributed by atoms with Crippen LogP contribution in [0.4, 0.5) is 18.0 Å². The molecule has 0 bridgehead atoms. The van der Waals surface area contributed by atoms with Gasteiger partial charge >= 0.3 is 6.03 Å². The number of rotatable bonds is 3. The number of nitrogens with one attached hydrogen (secondary N) is 1. The molecule has 8 heteroatoms. The van der Waals surface area contributed by atoms with Gasteiger partial charge in [0, 0.05) is 24.1 Å². The fourth-order valence-corrected chi connectivity index (χ4v) is 3.44. The van der Waals surface area contributed by atoms with Crippen LogP contribution in [0.25, 0.3) is 0 Å². The summed E-state index contributed by atoms with van der Waals surface area (Å²) in [5.74, 6) is -4.12. The molecule has 1 aliphatic carbocycles. The molecule has 3 amide bonds. The minimum absolute atomic E-state index is 0.0170. The van der Waals surface area contributed by atoms with Gasteiger partial charge in [-0.2, -0.15) is 0 Å². The largest absolute Gasteiger partial charge is 0.329 e. The molecule has 3 aliphatic rings. The number of hydrogen-bond donors (Lipinski definition) is 1. The van der Waals surface area contributed by atoms with Crippen LogP contribution in [0.5, 0.6) is 0 Å². The van der Waals surface area contributed by atoms with E-state index in [0.717, 1.165) is 12.1 Å². The number of carbonyl (C=O) groups excluding carboxylic acids is 2. The second kappa shape index (κ2) is 5.72. The SMILES string of the molecule is O=C1CNC(=O)N1[C@@H]1C[C@H]1C1C=CC(c2ccc(F)c(F)c2F)=NC1. The van der Waals surface area contributed by atoms with Crippen molar-refractivity contribution in [2.24, 2.45) is 16.8 Å². The van der Waals surface area contributed by atoms with Crippen molar-refractivity contribution in [2.75, 3.05) is 13.1 Å². The summed E-state index contributed by atoms with van der Waals surface area (Å²) in [6, 6.07) is 1.52. The highest BCUT2D eigenvalue weighted by Gasteiger charge is 2.51. The second-order valence-corrected chi connectivity index (χ2v) is 6.36. The van der Waals surface area contributed by atoms with Gasteiger partial charge in [-0.25, -0.2) is 18.0 Å². The van der Waals surface area contributed by atoms with Gasteiger partial charge in [-0.05, 0) is 30.5 Å². The number of carbonyl (C=O) groups is 2. The Balaban J connectivity index is 1.46. The lowest BCUT2D eigenvalue weighted by atomic mass is 9.97. The molecule has 2 aliphatic heterocycles. The van der Waals surface area contributed by atoms with E-state index in [4.69, 9.17) is 0 Å². The number of aliphatic imine (C=N–C) groups is 1. The van der Waals surface area contributed by atoms with Crippen LogP contribution in [0.2, 0.25) is 0 Å². The van der Waals surface area contributed by atoms with Crippen molar-refractivity contribution in [3.63, 3.8) is 0 Å². The molecule has 5 nitrogen and oxygen atoms in total. The van der Waals surface area contributed by atoms with Crippen LogP contribution >= 0.6 is 0 Å². The van der Waals surface area contributed by atoms with E-state index in [1.807, 2.05) is 6.08 Å². The monoisotopic (exact) mass is 349 g/mol. The van der Waals surface area contributed by atoms with Crippen molar-refractivity contribution < 1.29 is 22.8 Å². The van der Waals surface area contributed by atoms with Gasteiger partial charge in [0.2, 0.25) is 5.91 Å². The molecule has 0 spiro atoms. The first-order chi connectivity index (χ1) is 12.0. The van der Waals surface area contributed by atoms with Crippen molar-refractivity contribution >= 4 is 17.6 Å². The van der Waals surface area contributed by atoms with Crippen LogP contribution in [-0.4, -0.2) is 41.7 Å².